The summed E-state index contributed by atoms with van der Waals surface area (Å²) in [5.41, 5.74) is 4.09. The summed E-state index contributed by atoms with van der Waals surface area (Å²) in [5, 5.41) is 3.48. The van der Waals surface area contributed by atoms with Crippen LogP contribution in [0, 0.1) is 13.8 Å². The van der Waals surface area contributed by atoms with Crippen molar-refractivity contribution >= 4 is 0 Å². The molecule has 1 aliphatic rings. The minimum Gasteiger partial charge on any atom is -0.496 e. The highest BCUT2D eigenvalue weighted by atomic mass is 16.5. The molecule has 1 saturated heterocycles. The Morgan fingerprint density at radius 2 is 2.06 bits per heavy atom. The lowest BCUT2D eigenvalue weighted by molar-refractivity contribution is 0.410. The van der Waals surface area contributed by atoms with Gasteiger partial charge >= 0.3 is 0 Å². The Morgan fingerprint density at radius 1 is 1.25 bits per heavy atom. The van der Waals surface area contributed by atoms with Crippen molar-refractivity contribution in [1.82, 2.24) is 5.32 Å². The van der Waals surface area contributed by atoms with Crippen molar-refractivity contribution in [3.05, 3.63) is 28.8 Å². The van der Waals surface area contributed by atoms with Gasteiger partial charge in [0.05, 0.1) is 7.11 Å². The standard InChI is InChI=1S/C14H21NO/c1-10-8-14(16-3)11(2)7-13(10)12-5-4-6-15-9-12/h7-8,12,15H,4-6,9H2,1-3H3. The van der Waals surface area contributed by atoms with E-state index in [0.29, 0.717) is 5.92 Å². The van der Waals surface area contributed by atoms with Gasteiger partial charge in [-0.3, -0.25) is 0 Å². The maximum absolute atomic E-state index is 5.35. The molecule has 0 radical (unpaired) electrons. The summed E-state index contributed by atoms with van der Waals surface area (Å²) in [5.74, 6) is 1.68. The van der Waals surface area contributed by atoms with Gasteiger partial charge in [0.25, 0.3) is 0 Å². The largest absolute Gasteiger partial charge is 0.496 e. The molecule has 2 heteroatoms. The van der Waals surface area contributed by atoms with Crippen molar-refractivity contribution in [2.24, 2.45) is 0 Å². The number of benzene rings is 1. The monoisotopic (exact) mass is 219 g/mol. The van der Waals surface area contributed by atoms with Crippen molar-refractivity contribution in [1.29, 1.82) is 0 Å². The summed E-state index contributed by atoms with van der Waals surface area (Å²) < 4.78 is 5.35. The second kappa shape index (κ2) is 4.88. The summed E-state index contributed by atoms with van der Waals surface area (Å²) in [4.78, 5) is 0. The summed E-state index contributed by atoms with van der Waals surface area (Å²) in [7, 11) is 1.74. The fourth-order valence-corrected chi connectivity index (χ4v) is 2.59. The van der Waals surface area contributed by atoms with E-state index in [1.807, 2.05) is 0 Å². The van der Waals surface area contributed by atoms with Crippen LogP contribution in [0.15, 0.2) is 12.1 Å². The molecule has 1 N–H and O–H groups in total. The fourth-order valence-electron chi connectivity index (χ4n) is 2.59. The zero-order valence-corrected chi connectivity index (χ0v) is 10.5. The van der Waals surface area contributed by atoms with Crippen LogP contribution in [0.5, 0.6) is 5.75 Å². The Hall–Kier alpha value is -1.02. The minimum atomic E-state index is 0.679. The summed E-state index contributed by atoms with van der Waals surface area (Å²) in [6, 6.07) is 4.46. The molecule has 1 aliphatic heterocycles. The van der Waals surface area contributed by atoms with E-state index >= 15 is 0 Å². The molecular formula is C14H21NO. The zero-order valence-electron chi connectivity index (χ0n) is 10.5. The van der Waals surface area contributed by atoms with E-state index in [0.717, 1.165) is 12.3 Å². The van der Waals surface area contributed by atoms with Crippen molar-refractivity contribution in [3.63, 3.8) is 0 Å². The molecule has 0 amide bonds. The van der Waals surface area contributed by atoms with E-state index in [-0.39, 0.29) is 0 Å². The predicted molar refractivity (Wildman–Crippen MR) is 67.3 cm³/mol. The van der Waals surface area contributed by atoms with Gasteiger partial charge in [0.1, 0.15) is 5.75 Å². The van der Waals surface area contributed by atoms with Gasteiger partial charge < -0.3 is 10.1 Å². The molecule has 16 heavy (non-hydrogen) atoms. The van der Waals surface area contributed by atoms with E-state index in [9.17, 15) is 0 Å². The maximum Gasteiger partial charge on any atom is 0.122 e. The van der Waals surface area contributed by atoms with Crippen molar-refractivity contribution in [3.8, 4) is 5.75 Å². The highest BCUT2D eigenvalue weighted by Gasteiger charge is 2.18. The molecule has 1 aromatic rings. The second-order valence-electron chi connectivity index (χ2n) is 4.72. The fraction of sp³-hybridized carbons (Fsp3) is 0.571. The third kappa shape index (κ3) is 2.22. The Labute approximate surface area is 98.0 Å². The quantitative estimate of drug-likeness (QED) is 0.826. The number of piperidine rings is 1. The molecule has 88 valence electrons. The number of rotatable bonds is 2. The van der Waals surface area contributed by atoms with Gasteiger partial charge in [-0.2, -0.15) is 0 Å². The van der Waals surface area contributed by atoms with Crippen LogP contribution in [0.3, 0.4) is 0 Å². The molecule has 0 spiro atoms. The van der Waals surface area contributed by atoms with E-state index in [1.54, 1.807) is 7.11 Å². The molecule has 1 atom stereocenters. The van der Waals surface area contributed by atoms with E-state index < -0.39 is 0 Å². The normalized spacial score (nSPS) is 20.8. The number of hydrogen-bond acceptors (Lipinski definition) is 2. The molecule has 1 aromatic carbocycles. The average Bonchev–Trinajstić information content (AvgIpc) is 2.32. The molecule has 1 heterocycles. The lowest BCUT2D eigenvalue weighted by Gasteiger charge is -2.25. The second-order valence-corrected chi connectivity index (χ2v) is 4.72. The highest BCUT2D eigenvalue weighted by molar-refractivity contribution is 5.43. The Bertz CT molecular complexity index is 367. The smallest absolute Gasteiger partial charge is 0.122 e. The van der Waals surface area contributed by atoms with Gasteiger partial charge in [0.15, 0.2) is 0 Å². The summed E-state index contributed by atoms with van der Waals surface area (Å²) >= 11 is 0. The summed E-state index contributed by atoms with van der Waals surface area (Å²) in [6.07, 6.45) is 2.59. The lowest BCUT2D eigenvalue weighted by Crippen LogP contribution is -2.28. The van der Waals surface area contributed by atoms with Crippen molar-refractivity contribution < 1.29 is 4.74 Å². The van der Waals surface area contributed by atoms with Crippen LogP contribution in [0.2, 0.25) is 0 Å². The predicted octanol–water partition coefficient (Wildman–Crippen LogP) is 2.78. The van der Waals surface area contributed by atoms with E-state index in [2.05, 4.69) is 31.3 Å². The van der Waals surface area contributed by atoms with Crippen LogP contribution in [-0.4, -0.2) is 20.2 Å². The summed E-state index contributed by atoms with van der Waals surface area (Å²) in [6.45, 7) is 6.60. The van der Waals surface area contributed by atoms with Crippen LogP contribution >= 0.6 is 0 Å². The molecule has 2 rings (SSSR count). The SMILES string of the molecule is COc1cc(C)c(C2CCCNC2)cc1C. The van der Waals surface area contributed by atoms with E-state index in [1.165, 1.54) is 36.1 Å². The first kappa shape index (κ1) is 11.5. The Morgan fingerprint density at radius 3 is 2.69 bits per heavy atom. The van der Waals surface area contributed by atoms with Crippen molar-refractivity contribution in [2.75, 3.05) is 20.2 Å². The van der Waals surface area contributed by atoms with Crippen LogP contribution in [0.4, 0.5) is 0 Å². The van der Waals surface area contributed by atoms with Gasteiger partial charge in [-0.15, -0.1) is 0 Å². The molecular weight excluding hydrogens is 198 g/mol. The van der Waals surface area contributed by atoms with Gasteiger partial charge in [-0.1, -0.05) is 6.07 Å². The van der Waals surface area contributed by atoms with Gasteiger partial charge in [-0.05, 0) is 61.9 Å². The molecule has 0 aromatic heterocycles. The number of hydrogen-bond donors (Lipinski definition) is 1. The maximum atomic E-state index is 5.35. The Balaban J connectivity index is 2.29. The van der Waals surface area contributed by atoms with Crippen LogP contribution < -0.4 is 10.1 Å². The molecule has 2 nitrogen and oxygen atoms in total. The molecule has 1 fully saturated rings. The molecule has 1 unspecified atom stereocenters. The topological polar surface area (TPSA) is 21.3 Å². The van der Waals surface area contributed by atoms with Crippen LogP contribution in [-0.2, 0) is 0 Å². The highest BCUT2D eigenvalue weighted by Crippen LogP contribution is 2.30. The lowest BCUT2D eigenvalue weighted by atomic mass is 9.87. The number of ether oxygens (including phenoxy) is 1. The van der Waals surface area contributed by atoms with Crippen molar-refractivity contribution in [2.45, 2.75) is 32.6 Å². The first-order valence-electron chi connectivity index (χ1n) is 6.08. The van der Waals surface area contributed by atoms with Gasteiger partial charge in [0.2, 0.25) is 0 Å². The zero-order chi connectivity index (χ0) is 11.5. The average molecular weight is 219 g/mol. The van der Waals surface area contributed by atoms with Gasteiger partial charge in [-0.25, -0.2) is 0 Å². The third-order valence-electron chi connectivity index (χ3n) is 3.52. The van der Waals surface area contributed by atoms with Gasteiger partial charge in [0, 0.05) is 6.54 Å². The number of methoxy groups -OCH3 is 1. The van der Waals surface area contributed by atoms with Crippen LogP contribution in [0.25, 0.3) is 0 Å². The number of nitrogens with one attached hydrogen (secondary N) is 1. The molecule has 0 bridgehead atoms. The Kier molecular flexibility index (Phi) is 3.49. The minimum absolute atomic E-state index is 0.679. The number of aryl methyl sites for hydroxylation is 2. The van der Waals surface area contributed by atoms with Crippen LogP contribution in [0.1, 0.15) is 35.4 Å². The first-order valence-corrected chi connectivity index (χ1v) is 6.08. The third-order valence-corrected chi connectivity index (χ3v) is 3.52. The molecule has 0 aliphatic carbocycles. The molecule has 0 saturated carbocycles. The first-order chi connectivity index (χ1) is 7.72. The van der Waals surface area contributed by atoms with E-state index in [4.69, 9.17) is 4.74 Å².